The van der Waals surface area contributed by atoms with Gasteiger partial charge in [-0.3, -0.25) is 0 Å². The number of unbranched alkanes of at least 4 members (excludes halogenated alkanes) is 1. The van der Waals surface area contributed by atoms with Gasteiger partial charge in [-0.1, -0.05) is 13.3 Å². The summed E-state index contributed by atoms with van der Waals surface area (Å²) in [7, 11) is 0. The van der Waals surface area contributed by atoms with Crippen LogP contribution in [0.4, 0.5) is 0 Å². The number of hydrogen-bond donors (Lipinski definition) is 3. The Kier molecular flexibility index (Phi) is 7.45. The van der Waals surface area contributed by atoms with Gasteiger partial charge in [-0.2, -0.15) is 0 Å². The summed E-state index contributed by atoms with van der Waals surface area (Å²) in [6.45, 7) is 5.93. The van der Waals surface area contributed by atoms with Crippen molar-refractivity contribution in [1.82, 2.24) is 5.32 Å². The number of hydrogen-bond acceptors (Lipinski definition) is 3. The monoisotopic (exact) mass is 174 g/mol. The van der Waals surface area contributed by atoms with Crippen LogP contribution in [0.5, 0.6) is 0 Å². The van der Waals surface area contributed by atoms with Crippen molar-refractivity contribution < 1.29 is 5.11 Å². The molecule has 4 N–H and O–H groups in total. The van der Waals surface area contributed by atoms with Gasteiger partial charge in [0.05, 0.1) is 6.10 Å². The highest BCUT2D eigenvalue weighted by molar-refractivity contribution is 4.66. The van der Waals surface area contributed by atoms with E-state index < -0.39 is 0 Å². The second-order valence-electron chi connectivity index (χ2n) is 3.25. The molecule has 2 atom stereocenters. The van der Waals surface area contributed by atoms with Gasteiger partial charge >= 0.3 is 0 Å². The molecule has 0 spiro atoms. The molecule has 0 saturated heterocycles. The molecule has 0 amide bonds. The summed E-state index contributed by atoms with van der Waals surface area (Å²) in [5.74, 6) is 0. The molecule has 2 unspecified atom stereocenters. The largest absolute Gasteiger partial charge is 0.392 e. The number of nitrogens with two attached hydrogens (primary N) is 1. The molecule has 0 fully saturated rings. The predicted octanol–water partition coefficient (Wildman–Crippen LogP) is 0.474. The molecule has 0 bridgehead atoms. The normalized spacial score (nSPS) is 16.0. The molecule has 0 rings (SSSR count). The molecule has 12 heavy (non-hydrogen) atoms. The van der Waals surface area contributed by atoms with Crippen LogP contribution < -0.4 is 11.1 Å². The number of nitrogens with one attached hydrogen (secondary N) is 1. The molecular formula is C9H22N2O. The zero-order chi connectivity index (χ0) is 9.40. The first-order chi connectivity index (χ1) is 5.68. The van der Waals surface area contributed by atoms with Gasteiger partial charge in [0.15, 0.2) is 0 Å². The molecule has 3 heteroatoms. The van der Waals surface area contributed by atoms with E-state index in [-0.39, 0.29) is 12.1 Å². The van der Waals surface area contributed by atoms with Crippen LogP contribution >= 0.6 is 0 Å². The summed E-state index contributed by atoms with van der Waals surface area (Å²) in [6.07, 6.45) is 2.79. The van der Waals surface area contributed by atoms with Crippen molar-refractivity contribution in [2.24, 2.45) is 5.73 Å². The van der Waals surface area contributed by atoms with Gasteiger partial charge in [-0.25, -0.2) is 0 Å². The summed E-state index contributed by atoms with van der Waals surface area (Å²) in [5, 5.41) is 12.3. The molecule has 0 aromatic carbocycles. The van der Waals surface area contributed by atoms with E-state index >= 15 is 0 Å². The Morgan fingerprint density at radius 2 is 2.08 bits per heavy atom. The minimum absolute atomic E-state index is 0.0494. The summed E-state index contributed by atoms with van der Waals surface area (Å²) in [6, 6.07) is -0.0494. The first kappa shape index (κ1) is 11.9. The lowest BCUT2D eigenvalue weighted by atomic mass is 10.1. The first-order valence-electron chi connectivity index (χ1n) is 4.82. The molecule has 0 aliphatic rings. The summed E-state index contributed by atoms with van der Waals surface area (Å²) < 4.78 is 0. The molecule has 74 valence electrons. The summed E-state index contributed by atoms with van der Waals surface area (Å²) in [5.41, 5.74) is 5.66. The van der Waals surface area contributed by atoms with Gasteiger partial charge < -0.3 is 16.2 Å². The Morgan fingerprint density at radius 3 is 2.58 bits per heavy atom. The third kappa shape index (κ3) is 6.58. The van der Waals surface area contributed by atoms with Gasteiger partial charge in [0, 0.05) is 6.04 Å². The fraction of sp³-hybridized carbons (Fsp3) is 1.00. The standard InChI is InChI=1S/C9H22N2O/c1-3-11-7-5-4-6-9(10)8(2)12/h8-9,11-12H,3-7,10H2,1-2H3. The Bertz CT molecular complexity index is 96.5. The third-order valence-corrected chi connectivity index (χ3v) is 2.01. The highest BCUT2D eigenvalue weighted by atomic mass is 16.3. The van der Waals surface area contributed by atoms with Crippen LogP contribution in [0, 0.1) is 0 Å². The van der Waals surface area contributed by atoms with E-state index in [2.05, 4.69) is 12.2 Å². The third-order valence-electron chi connectivity index (χ3n) is 2.01. The maximum absolute atomic E-state index is 9.08. The molecular weight excluding hydrogens is 152 g/mol. The fourth-order valence-electron chi connectivity index (χ4n) is 1.05. The van der Waals surface area contributed by atoms with Gasteiger partial charge in [-0.15, -0.1) is 0 Å². The Labute approximate surface area is 75.3 Å². The minimum Gasteiger partial charge on any atom is -0.392 e. The van der Waals surface area contributed by atoms with Gasteiger partial charge in [0.1, 0.15) is 0 Å². The SMILES string of the molecule is CCNCCCCC(N)C(C)O. The van der Waals surface area contributed by atoms with Gasteiger partial charge in [0.2, 0.25) is 0 Å². The van der Waals surface area contributed by atoms with Crippen molar-refractivity contribution in [3.63, 3.8) is 0 Å². The van der Waals surface area contributed by atoms with Crippen molar-refractivity contribution in [2.75, 3.05) is 13.1 Å². The zero-order valence-electron chi connectivity index (χ0n) is 8.21. The molecule has 0 saturated carbocycles. The number of aliphatic hydroxyl groups is 1. The molecule has 0 aliphatic carbocycles. The molecule has 0 aromatic heterocycles. The number of aliphatic hydroxyl groups excluding tert-OH is 1. The van der Waals surface area contributed by atoms with E-state index in [0.717, 1.165) is 32.4 Å². The highest BCUT2D eigenvalue weighted by Crippen LogP contribution is 2.01. The first-order valence-corrected chi connectivity index (χ1v) is 4.82. The van der Waals surface area contributed by atoms with E-state index in [1.165, 1.54) is 0 Å². The topological polar surface area (TPSA) is 58.3 Å². The molecule has 0 heterocycles. The summed E-state index contributed by atoms with van der Waals surface area (Å²) in [4.78, 5) is 0. The van der Waals surface area contributed by atoms with Crippen LogP contribution in [0.2, 0.25) is 0 Å². The zero-order valence-corrected chi connectivity index (χ0v) is 8.21. The van der Waals surface area contributed by atoms with Crippen molar-refractivity contribution in [1.29, 1.82) is 0 Å². The van der Waals surface area contributed by atoms with Crippen LogP contribution in [0.25, 0.3) is 0 Å². The Balaban J connectivity index is 3.08. The predicted molar refractivity (Wildman–Crippen MR) is 52.1 cm³/mol. The lowest BCUT2D eigenvalue weighted by Gasteiger charge is -2.13. The van der Waals surface area contributed by atoms with Crippen LogP contribution in [-0.2, 0) is 0 Å². The quantitative estimate of drug-likeness (QED) is 0.492. The van der Waals surface area contributed by atoms with E-state index in [1.807, 2.05) is 0 Å². The van der Waals surface area contributed by atoms with E-state index in [1.54, 1.807) is 6.92 Å². The van der Waals surface area contributed by atoms with Crippen LogP contribution in [0.3, 0.4) is 0 Å². The van der Waals surface area contributed by atoms with Crippen molar-refractivity contribution >= 4 is 0 Å². The van der Waals surface area contributed by atoms with Crippen LogP contribution in [0.15, 0.2) is 0 Å². The second kappa shape index (κ2) is 7.53. The van der Waals surface area contributed by atoms with Gasteiger partial charge in [0.25, 0.3) is 0 Å². The van der Waals surface area contributed by atoms with Crippen molar-refractivity contribution in [3.8, 4) is 0 Å². The smallest absolute Gasteiger partial charge is 0.0662 e. The second-order valence-corrected chi connectivity index (χ2v) is 3.25. The highest BCUT2D eigenvalue weighted by Gasteiger charge is 2.07. The lowest BCUT2D eigenvalue weighted by molar-refractivity contribution is 0.157. The van der Waals surface area contributed by atoms with Crippen molar-refractivity contribution in [2.45, 2.75) is 45.3 Å². The Morgan fingerprint density at radius 1 is 1.42 bits per heavy atom. The number of rotatable bonds is 7. The molecule has 0 aromatic rings. The molecule has 3 nitrogen and oxygen atoms in total. The van der Waals surface area contributed by atoms with Gasteiger partial charge in [-0.05, 0) is 32.9 Å². The average Bonchev–Trinajstić information content (AvgIpc) is 2.03. The van der Waals surface area contributed by atoms with E-state index in [0.29, 0.717) is 0 Å². The minimum atomic E-state index is -0.371. The van der Waals surface area contributed by atoms with Crippen molar-refractivity contribution in [3.05, 3.63) is 0 Å². The van der Waals surface area contributed by atoms with E-state index in [4.69, 9.17) is 10.8 Å². The lowest BCUT2D eigenvalue weighted by Crippen LogP contribution is -2.32. The average molecular weight is 174 g/mol. The molecule has 0 radical (unpaired) electrons. The van der Waals surface area contributed by atoms with Crippen LogP contribution in [-0.4, -0.2) is 30.3 Å². The van der Waals surface area contributed by atoms with E-state index in [9.17, 15) is 0 Å². The Hall–Kier alpha value is -0.120. The fourth-order valence-corrected chi connectivity index (χ4v) is 1.05. The maximum atomic E-state index is 9.08. The summed E-state index contributed by atoms with van der Waals surface area (Å²) >= 11 is 0. The molecule has 0 aliphatic heterocycles. The van der Waals surface area contributed by atoms with Crippen LogP contribution in [0.1, 0.15) is 33.1 Å². The maximum Gasteiger partial charge on any atom is 0.0662 e.